The van der Waals surface area contributed by atoms with E-state index in [0.29, 0.717) is 6.67 Å². The van der Waals surface area contributed by atoms with E-state index in [9.17, 15) is 0 Å². The second-order valence-corrected chi connectivity index (χ2v) is 5.11. The van der Waals surface area contributed by atoms with Gasteiger partial charge in [0.2, 0.25) is 0 Å². The molecule has 0 aromatic heterocycles. The first-order valence-electron chi connectivity index (χ1n) is 6.04. The number of hydrogen-bond donors (Lipinski definition) is 3. The van der Waals surface area contributed by atoms with Gasteiger partial charge in [0.25, 0.3) is 0 Å². The van der Waals surface area contributed by atoms with Crippen LogP contribution in [0.3, 0.4) is 0 Å². The standard InChI is InChI=1S/C13H21N3O/c1-13(2,8-15-9-16-14)11-3-4-12-10(7-11)5-6-17-12/h3-4,7,15-16H,5-6,8-9,14H2,1-2H3. The zero-order chi connectivity index (χ0) is 12.3. The maximum atomic E-state index is 5.52. The molecule has 0 bridgehead atoms. The van der Waals surface area contributed by atoms with E-state index < -0.39 is 0 Å². The Kier molecular flexibility index (Phi) is 3.66. The molecule has 1 aromatic carbocycles. The van der Waals surface area contributed by atoms with Gasteiger partial charge in [-0.3, -0.25) is 5.84 Å². The topological polar surface area (TPSA) is 59.3 Å². The van der Waals surface area contributed by atoms with E-state index in [1.165, 1.54) is 11.1 Å². The number of hydrazine groups is 1. The first kappa shape index (κ1) is 12.4. The third kappa shape index (κ3) is 2.77. The third-order valence-corrected chi connectivity index (χ3v) is 3.26. The van der Waals surface area contributed by atoms with E-state index in [1.807, 2.05) is 0 Å². The summed E-state index contributed by atoms with van der Waals surface area (Å²) in [5.74, 6) is 6.28. The highest BCUT2D eigenvalue weighted by atomic mass is 16.5. The Bertz CT molecular complexity index is 390. The van der Waals surface area contributed by atoms with Crippen LogP contribution in [0.1, 0.15) is 25.0 Å². The Morgan fingerprint density at radius 3 is 3.00 bits per heavy atom. The van der Waals surface area contributed by atoms with Gasteiger partial charge in [0.15, 0.2) is 0 Å². The normalized spacial score (nSPS) is 14.5. The van der Waals surface area contributed by atoms with Crippen molar-refractivity contribution in [3.8, 4) is 5.75 Å². The molecule has 0 saturated carbocycles. The molecule has 17 heavy (non-hydrogen) atoms. The molecule has 0 radical (unpaired) electrons. The Hall–Kier alpha value is -1.10. The molecule has 1 aliphatic heterocycles. The van der Waals surface area contributed by atoms with Crippen molar-refractivity contribution in [2.75, 3.05) is 19.8 Å². The van der Waals surface area contributed by atoms with E-state index >= 15 is 0 Å². The van der Waals surface area contributed by atoms with Crippen LogP contribution in [-0.4, -0.2) is 19.8 Å². The van der Waals surface area contributed by atoms with Gasteiger partial charge in [0, 0.05) is 18.4 Å². The van der Waals surface area contributed by atoms with Crippen molar-refractivity contribution >= 4 is 0 Å². The number of ether oxygens (including phenoxy) is 1. The van der Waals surface area contributed by atoms with Gasteiger partial charge in [-0.05, 0) is 17.2 Å². The number of benzene rings is 1. The molecule has 1 heterocycles. The smallest absolute Gasteiger partial charge is 0.122 e. The number of nitrogens with one attached hydrogen (secondary N) is 2. The zero-order valence-electron chi connectivity index (χ0n) is 10.5. The average Bonchev–Trinajstić information content (AvgIpc) is 2.76. The van der Waals surface area contributed by atoms with Gasteiger partial charge >= 0.3 is 0 Å². The molecule has 4 heteroatoms. The second kappa shape index (κ2) is 5.04. The van der Waals surface area contributed by atoms with E-state index in [0.717, 1.165) is 25.3 Å². The molecule has 0 aliphatic carbocycles. The number of nitrogens with two attached hydrogens (primary N) is 1. The lowest BCUT2D eigenvalue weighted by atomic mass is 9.83. The number of rotatable bonds is 5. The molecule has 0 saturated heterocycles. The molecule has 4 N–H and O–H groups in total. The summed E-state index contributed by atoms with van der Waals surface area (Å²) in [7, 11) is 0. The molecular weight excluding hydrogens is 214 g/mol. The van der Waals surface area contributed by atoms with Gasteiger partial charge in [-0.2, -0.15) is 0 Å². The van der Waals surface area contributed by atoms with Crippen LogP contribution < -0.4 is 21.3 Å². The molecule has 1 aromatic rings. The van der Waals surface area contributed by atoms with Crippen molar-refractivity contribution in [3.63, 3.8) is 0 Å². The molecule has 0 fully saturated rings. The lowest BCUT2D eigenvalue weighted by molar-refractivity contribution is 0.356. The number of hydrogen-bond acceptors (Lipinski definition) is 4. The lowest BCUT2D eigenvalue weighted by Crippen LogP contribution is -2.40. The monoisotopic (exact) mass is 235 g/mol. The molecular formula is C13H21N3O. The Morgan fingerprint density at radius 1 is 1.41 bits per heavy atom. The van der Waals surface area contributed by atoms with Crippen molar-refractivity contribution in [2.45, 2.75) is 25.7 Å². The SMILES string of the molecule is CC(C)(CNCNN)c1ccc2c(c1)CCO2. The fourth-order valence-corrected chi connectivity index (χ4v) is 2.16. The summed E-state index contributed by atoms with van der Waals surface area (Å²) in [5, 5.41) is 3.27. The van der Waals surface area contributed by atoms with Crippen LogP contribution in [0.15, 0.2) is 18.2 Å². The molecule has 1 aliphatic rings. The average molecular weight is 235 g/mol. The summed E-state index contributed by atoms with van der Waals surface area (Å²) in [6.07, 6.45) is 1.02. The van der Waals surface area contributed by atoms with Crippen molar-refractivity contribution < 1.29 is 4.74 Å². The highest BCUT2D eigenvalue weighted by molar-refractivity contribution is 5.42. The first-order valence-corrected chi connectivity index (χ1v) is 6.04. The summed E-state index contributed by atoms with van der Waals surface area (Å²) in [5.41, 5.74) is 5.36. The van der Waals surface area contributed by atoms with E-state index in [1.54, 1.807) is 0 Å². The van der Waals surface area contributed by atoms with Gasteiger partial charge in [0.1, 0.15) is 5.75 Å². The van der Waals surface area contributed by atoms with Crippen molar-refractivity contribution in [3.05, 3.63) is 29.3 Å². The van der Waals surface area contributed by atoms with Crippen LogP contribution in [0.5, 0.6) is 5.75 Å². The van der Waals surface area contributed by atoms with Crippen LogP contribution in [0, 0.1) is 0 Å². The highest BCUT2D eigenvalue weighted by Gasteiger charge is 2.22. The maximum Gasteiger partial charge on any atom is 0.122 e. The van der Waals surface area contributed by atoms with E-state index in [4.69, 9.17) is 10.6 Å². The van der Waals surface area contributed by atoms with Gasteiger partial charge in [-0.1, -0.05) is 26.0 Å². The lowest BCUT2D eigenvalue weighted by Gasteiger charge is -2.26. The van der Waals surface area contributed by atoms with Crippen molar-refractivity contribution in [1.29, 1.82) is 0 Å². The van der Waals surface area contributed by atoms with E-state index in [2.05, 4.69) is 42.8 Å². The van der Waals surface area contributed by atoms with Gasteiger partial charge in [0.05, 0.1) is 13.3 Å². The fourth-order valence-electron chi connectivity index (χ4n) is 2.16. The summed E-state index contributed by atoms with van der Waals surface area (Å²) < 4.78 is 5.52. The molecule has 0 atom stereocenters. The molecule has 94 valence electrons. The fraction of sp³-hybridized carbons (Fsp3) is 0.538. The quantitative estimate of drug-likeness (QED) is 0.307. The molecule has 4 nitrogen and oxygen atoms in total. The predicted octanol–water partition coefficient (Wildman–Crippen LogP) is 0.910. The van der Waals surface area contributed by atoms with Gasteiger partial charge in [-0.25, -0.2) is 5.43 Å². The highest BCUT2D eigenvalue weighted by Crippen LogP contribution is 2.31. The minimum Gasteiger partial charge on any atom is -0.493 e. The van der Waals surface area contributed by atoms with Crippen molar-refractivity contribution in [1.82, 2.24) is 10.7 Å². The predicted molar refractivity (Wildman–Crippen MR) is 68.9 cm³/mol. The minimum atomic E-state index is 0.0917. The van der Waals surface area contributed by atoms with Gasteiger partial charge in [-0.15, -0.1) is 0 Å². The molecule has 2 rings (SSSR count). The van der Waals surface area contributed by atoms with Crippen LogP contribution >= 0.6 is 0 Å². The summed E-state index contributed by atoms with van der Waals surface area (Å²) in [6.45, 7) is 6.78. The van der Waals surface area contributed by atoms with E-state index in [-0.39, 0.29) is 5.41 Å². The second-order valence-electron chi connectivity index (χ2n) is 5.11. The Balaban J connectivity index is 2.10. The molecule has 0 unspecified atom stereocenters. The summed E-state index contributed by atoms with van der Waals surface area (Å²) in [6, 6.07) is 6.50. The largest absolute Gasteiger partial charge is 0.493 e. The summed E-state index contributed by atoms with van der Waals surface area (Å²) >= 11 is 0. The zero-order valence-corrected chi connectivity index (χ0v) is 10.5. The third-order valence-electron chi connectivity index (χ3n) is 3.26. The molecule has 0 spiro atoms. The first-order chi connectivity index (χ1) is 8.13. The van der Waals surface area contributed by atoms with Crippen LogP contribution in [-0.2, 0) is 11.8 Å². The minimum absolute atomic E-state index is 0.0917. The maximum absolute atomic E-state index is 5.52. The van der Waals surface area contributed by atoms with Crippen LogP contribution in [0.4, 0.5) is 0 Å². The molecule has 0 amide bonds. The summed E-state index contributed by atoms with van der Waals surface area (Å²) in [4.78, 5) is 0. The van der Waals surface area contributed by atoms with Gasteiger partial charge < -0.3 is 10.1 Å². The Labute approximate surface area is 103 Å². The van der Waals surface area contributed by atoms with Crippen LogP contribution in [0.25, 0.3) is 0 Å². The van der Waals surface area contributed by atoms with Crippen molar-refractivity contribution in [2.24, 2.45) is 5.84 Å². The van der Waals surface area contributed by atoms with Crippen LogP contribution in [0.2, 0.25) is 0 Å². The number of fused-ring (bicyclic) bond motifs is 1. The Morgan fingerprint density at radius 2 is 2.24 bits per heavy atom.